The van der Waals surface area contributed by atoms with Crippen molar-refractivity contribution < 1.29 is 18.0 Å². The number of thioether (sulfide) groups is 1. The van der Waals surface area contributed by atoms with Crippen molar-refractivity contribution in [2.24, 2.45) is 5.73 Å². The number of nitrogen functional groups attached to an aromatic ring is 1. The number of carbonyl (C=O) groups is 2. The molecule has 0 heterocycles. The zero-order valence-electron chi connectivity index (χ0n) is 22.3. The molecule has 0 bridgehead atoms. The molecule has 6 N–H and O–H groups in total. The van der Waals surface area contributed by atoms with E-state index in [1.807, 2.05) is 36.6 Å². The maximum atomic E-state index is 13.5. The molecule has 3 aromatic rings. The largest absolute Gasteiger partial charge is 0.384 e. The number of sulfonamides is 1. The molecule has 2 amide bonds. The minimum Gasteiger partial charge on any atom is -0.384 e. The number of hydrogen-bond acceptors (Lipinski definition) is 6. The molecule has 0 saturated carbocycles. The zero-order chi connectivity index (χ0) is 29.0. The number of amides is 2. The van der Waals surface area contributed by atoms with E-state index in [1.165, 1.54) is 0 Å². The third-order valence-electron chi connectivity index (χ3n) is 6.10. The summed E-state index contributed by atoms with van der Waals surface area (Å²) >= 11 is 1.54. The topological polar surface area (TPSA) is 154 Å². The number of nitrogens with one attached hydrogen (secondary N) is 4. The van der Waals surface area contributed by atoms with Crippen molar-refractivity contribution in [1.29, 1.82) is 5.41 Å². The van der Waals surface area contributed by atoms with Crippen molar-refractivity contribution in [2.75, 3.05) is 12.0 Å². The zero-order valence-corrected chi connectivity index (χ0v) is 23.9. The molecule has 0 radical (unpaired) electrons. The Morgan fingerprint density at radius 3 is 2.02 bits per heavy atom. The maximum absolute atomic E-state index is 13.5. The van der Waals surface area contributed by atoms with Gasteiger partial charge in [-0.2, -0.15) is 11.8 Å². The molecule has 3 aromatic carbocycles. The van der Waals surface area contributed by atoms with Crippen LogP contribution in [-0.4, -0.2) is 50.2 Å². The highest BCUT2D eigenvalue weighted by Crippen LogP contribution is 2.10. The Bertz CT molecular complexity index is 1370. The minimum absolute atomic E-state index is 0.0418. The number of hydrogen-bond donors (Lipinski definition) is 5. The summed E-state index contributed by atoms with van der Waals surface area (Å²) < 4.78 is 28.6. The van der Waals surface area contributed by atoms with Gasteiger partial charge in [0.15, 0.2) is 0 Å². The lowest BCUT2D eigenvalue weighted by Gasteiger charge is -2.23. The highest BCUT2D eigenvalue weighted by molar-refractivity contribution is 7.98. The van der Waals surface area contributed by atoms with Gasteiger partial charge in [-0.05, 0) is 41.5 Å². The quantitative estimate of drug-likeness (QED) is 0.137. The standard InChI is InChI=1S/C29H35N5O4S2/c1-39-17-16-25(28(35)32-19-22-12-14-24(15-13-22)27(30)31)33-29(36)26(18-21-8-4-2-5-9-21)34-40(37,38)20-23-10-6-3-7-11-23/h2-15,25-26,34H,16-20H2,1H3,(H3,30,31)(H,32,35)(H,33,36)/t25-,26+/m0/s1. The molecule has 3 rings (SSSR count). The molecule has 0 unspecified atom stereocenters. The molecule has 0 aliphatic rings. The second kappa shape index (κ2) is 15.2. The lowest BCUT2D eigenvalue weighted by molar-refractivity contribution is -0.129. The van der Waals surface area contributed by atoms with Gasteiger partial charge in [-0.1, -0.05) is 84.9 Å². The predicted molar refractivity (Wildman–Crippen MR) is 160 cm³/mol. The average Bonchev–Trinajstić information content (AvgIpc) is 2.94. The first kappa shape index (κ1) is 30.9. The van der Waals surface area contributed by atoms with E-state index in [4.69, 9.17) is 11.1 Å². The van der Waals surface area contributed by atoms with Crippen LogP contribution in [0.5, 0.6) is 0 Å². The molecule has 0 saturated heterocycles. The van der Waals surface area contributed by atoms with Crippen LogP contribution in [0.25, 0.3) is 0 Å². The van der Waals surface area contributed by atoms with E-state index >= 15 is 0 Å². The summed E-state index contributed by atoms with van der Waals surface area (Å²) in [5.74, 6) is -0.643. The van der Waals surface area contributed by atoms with Crippen molar-refractivity contribution >= 4 is 39.4 Å². The van der Waals surface area contributed by atoms with Crippen LogP contribution in [0.4, 0.5) is 0 Å². The second-order valence-electron chi connectivity index (χ2n) is 9.28. The summed E-state index contributed by atoms with van der Waals surface area (Å²) in [6, 6.07) is 22.8. The molecular formula is C29H35N5O4S2. The number of carbonyl (C=O) groups excluding carboxylic acids is 2. The third-order valence-corrected chi connectivity index (χ3v) is 8.10. The smallest absolute Gasteiger partial charge is 0.242 e. The molecule has 212 valence electrons. The van der Waals surface area contributed by atoms with E-state index in [2.05, 4.69) is 15.4 Å². The van der Waals surface area contributed by atoms with Crippen molar-refractivity contribution in [3.05, 3.63) is 107 Å². The van der Waals surface area contributed by atoms with Gasteiger partial charge in [0.25, 0.3) is 0 Å². The Morgan fingerprint density at radius 1 is 0.850 bits per heavy atom. The predicted octanol–water partition coefficient (Wildman–Crippen LogP) is 2.56. The van der Waals surface area contributed by atoms with Crippen LogP contribution in [0.1, 0.15) is 28.7 Å². The Labute approximate surface area is 239 Å². The average molecular weight is 582 g/mol. The van der Waals surface area contributed by atoms with Crippen LogP contribution in [-0.2, 0) is 38.3 Å². The van der Waals surface area contributed by atoms with Gasteiger partial charge < -0.3 is 16.4 Å². The molecule has 0 aliphatic heterocycles. The Hall–Kier alpha value is -3.67. The van der Waals surface area contributed by atoms with Crippen LogP contribution in [0.15, 0.2) is 84.9 Å². The van der Waals surface area contributed by atoms with Crippen LogP contribution in [0.3, 0.4) is 0 Å². The molecule has 9 nitrogen and oxygen atoms in total. The maximum Gasteiger partial charge on any atom is 0.242 e. The Balaban J connectivity index is 1.73. The SMILES string of the molecule is CSCC[C@H](NC(=O)[C@@H](Cc1ccccc1)NS(=O)(=O)Cc1ccccc1)C(=O)NCc1ccc(C(=N)N)cc1. The normalized spacial score (nSPS) is 12.7. The highest BCUT2D eigenvalue weighted by atomic mass is 32.2. The van der Waals surface area contributed by atoms with Gasteiger partial charge in [0, 0.05) is 12.1 Å². The van der Waals surface area contributed by atoms with Gasteiger partial charge in [-0.3, -0.25) is 15.0 Å². The summed E-state index contributed by atoms with van der Waals surface area (Å²) in [6.45, 7) is 0.222. The highest BCUT2D eigenvalue weighted by Gasteiger charge is 2.29. The number of rotatable bonds is 15. The Morgan fingerprint density at radius 2 is 1.45 bits per heavy atom. The fourth-order valence-corrected chi connectivity index (χ4v) is 5.79. The van der Waals surface area contributed by atoms with E-state index < -0.39 is 28.0 Å². The summed E-state index contributed by atoms with van der Waals surface area (Å²) in [5.41, 5.74) is 8.27. The van der Waals surface area contributed by atoms with Crippen molar-refractivity contribution in [3.8, 4) is 0 Å². The minimum atomic E-state index is -3.87. The van der Waals surface area contributed by atoms with Crippen LogP contribution < -0.4 is 21.1 Å². The lowest BCUT2D eigenvalue weighted by Crippen LogP contribution is -2.54. The lowest BCUT2D eigenvalue weighted by atomic mass is 10.1. The van der Waals surface area contributed by atoms with Crippen molar-refractivity contribution in [3.63, 3.8) is 0 Å². The van der Waals surface area contributed by atoms with Gasteiger partial charge in [-0.25, -0.2) is 13.1 Å². The van der Waals surface area contributed by atoms with E-state index in [0.29, 0.717) is 23.3 Å². The molecule has 0 aliphatic carbocycles. The molecular weight excluding hydrogens is 546 g/mol. The fourth-order valence-electron chi connectivity index (χ4n) is 3.98. The monoisotopic (exact) mass is 581 g/mol. The summed E-state index contributed by atoms with van der Waals surface area (Å²) in [5, 5.41) is 13.1. The number of amidine groups is 1. The summed E-state index contributed by atoms with van der Waals surface area (Å²) in [6.07, 6.45) is 2.40. The van der Waals surface area contributed by atoms with E-state index in [-0.39, 0.29) is 30.5 Å². The van der Waals surface area contributed by atoms with Gasteiger partial charge >= 0.3 is 0 Å². The summed E-state index contributed by atoms with van der Waals surface area (Å²) in [7, 11) is -3.87. The van der Waals surface area contributed by atoms with Crippen LogP contribution in [0, 0.1) is 5.41 Å². The first-order chi connectivity index (χ1) is 19.2. The molecule has 0 fully saturated rings. The van der Waals surface area contributed by atoms with E-state index in [0.717, 1.165) is 11.1 Å². The summed E-state index contributed by atoms with van der Waals surface area (Å²) in [4.78, 5) is 26.6. The van der Waals surface area contributed by atoms with Crippen molar-refractivity contribution in [1.82, 2.24) is 15.4 Å². The Kier molecular flexibility index (Phi) is 11.7. The van der Waals surface area contributed by atoms with Crippen LogP contribution in [0.2, 0.25) is 0 Å². The second-order valence-corrected chi connectivity index (χ2v) is 12.0. The van der Waals surface area contributed by atoms with Gasteiger partial charge in [0.1, 0.15) is 17.9 Å². The van der Waals surface area contributed by atoms with E-state index in [9.17, 15) is 18.0 Å². The van der Waals surface area contributed by atoms with Gasteiger partial charge in [0.05, 0.1) is 5.75 Å². The van der Waals surface area contributed by atoms with Crippen molar-refractivity contribution in [2.45, 2.75) is 37.2 Å². The van der Waals surface area contributed by atoms with E-state index in [1.54, 1.807) is 66.4 Å². The molecule has 2 atom stereocenters. The third kappa shape index (κ3) is 10.1. The molecule has 40 heavy (non-hydrogen) atoms. The molecule has 11 heteroatoms. The number of benzene rings is 3. The number of nitrogens with two attached hydrogens (primary N) is 1. The molecule has 0 aromatic heterocycles. The van der Waals surface area contributed by atoms with Gasteiger partial charge in [-0.15, -0.1) is 0 Å². The first-order valence-electron chi connectivity index (χ1n) is 12.7. The first-order valence-corrected chi connectivity index (χ1v) is 15.8. The fraction of sp³-hybridized carbons (Fsp3) is 0.276. The molecule has 0 spiro atoms. The van der Waals surface area contributed by atoms with Gasteiger partial charge in [0.2, 0.25) is 21.8 Å². The van der Waals surface area contributed by atoms with Crippen LogP contribution >= 0.6 is 11.8 Å².